The summed E-state index contributed by atoms with van der Waals surface area (Å²) in [5.74, 6) is -0.854. The van der Waals surface area contributed by atoms with E-state index < -0.39 is 5.82 Å². The molecular formula is C13H16FNO2. The molecule has 0 spiro atoms. The molecule has 1 amide bonds. The van der Waals surface area contributed by atoms with Crippen LogP contribution in [0.15, 0.2) is 18.2 Å². The first kappa shape index (κ1) is 12.0. The second-order valence-corrected chi connectivity index (χ2v) is 4.33. The molecule has 1 aromatic carbocycles. The Morgan fingerprint density at radius 3 is 3.06 bits per heavy atom. The average molecular weight is 237 g/mol. The number of benzene rings is 1. The van der Waals surface area contributed by atoms with Gasteiger partial charge in [-0.1, -0.05) is 6.07 Å². The third-order valence-corrected chi connectivity index (χ3v) is 2.88. The first-order valence-electron chi connectivity index (χ1n) is 5.83. The molecule has 4 heteroatoms. The van der Waals surface area contributed by atoms with E-state index in [9.17, 15) is 9.18 Å². The lowest BCUT2D eigenvalue weighted by molar-refractivity contribution is 0.0854. The predicted octanol–water partition coefficient (Wildman–Crippen LogP) is 2.04. The number of rotatable bonds is 3. The Balaban J connectivity index is 1.94. The third-order valence-electron chi connectivity index (χ3n) is 2.88. The van der Waals surface area contributed by atoms with Gasteiger partial charge in [-0.05, 0) is 37.5 Å². The number of halogens is 1. The molecule has 92 valence electrons. The number of aryl methyl sites for hydroxylation is 1. The lowest BCUT2D eigenvalue weighted by Crippen LogP contribution is -2.32. The van der Waals surface area contributed by atoms with Crippen LogP contribution in [0.4, 0.5) is 4.39 Å². The fourth-order valence-electron chi connectivity index (χ4n) is 1.91. The zero-order valence-electron chi connectivity index (χ0n) is 9.83. The van der Waals surface area contributed by atoms with Gasteiger partial charge in [-0.25, -0.2) is 4.39 Å². The van der Waals surface area contributed by atoms with E-state index in [1.54, 1.807) is 13.0 Å². The van der Waals surface area contributed by atoms with Crippen molar-refractivity contribution in [3.8, 4) is 0 Å². The van der Waals surface area contributed by atoms with Crippen LogP contribution < -0.4 is 5.32 Å². The summed E-state index contributed by atoms with van der Waals surface area (Å²) in [5, 5.41) is 2.70. The highest BCUT2D eigenvalue weighted by Crippen LogP contribution is 2.12. The van der Waals surface area contributed by atoms with E-state index in [4.69, 9.17) is 4.74 Å². The second-order valence-electron chi connectivity index (χ2n) is 4.33. The van der Waals surface area contributed by atoms with Crippen LogP contribution >= 0.6 is 0 Å². The van der Waals surface area contributed by atoms with Crippen LogP contribution in [0.2, 0.25) is 0 Å². The van der Waals surface area contributed by atoms with E-state index >= 15 is 0 Å². The van der Waals surface area contributed by atoms with Gasteiger partial charge in [0.1, 0.15) is 5.82 Å². The minimum atomic E-state index is -0.477. The van der Waals surface area contributed by atoms with Gasteiger partial charge >= 0.3 is 0 Å². The summed E-state index contributed by atoms with van der Waals surface area (Å²) in [5.41, 5.74) is 0.895. The number of hydrogen-bond donors (Lipinski definition) is 1. The minimum absolute atomic E-state index is 0.0764. The van der Waals surface area contributed by atoms with Gasteiger partial charge in [0.15, 0.2) is 0 Å². The van der Waals surface area contributed by atoms with Crippen molar-refractivity contribution in [1.82, 2.24) is 5.32 Å². The number of ether oxygens (including phenoxy) is 1. The lowest BCUT2D eigenvalue weighted by Gasteiger charge is -2.11. The van der Waals surface area contributed by atoms with Crippen molar-refractivity contribution < 1.29 is 13.9 Å². The molecule has 0 aliphatic carbocycles. The van der Waals surface area contributed by atoms with Gasteiger partial charge in [0, 0.05) is 13.2 Å². The summed E-state index contributed by atoms with van der Waals surface area (Å²) in [7, 11) is 0. The molecule has 2 rings (SSSR count). The Bertz CT molecular complexity index is 414. The molecule has 0 aromatic heterocycles. The van der Waals surface area contributed by atoms with Crippen LogP contribution in [0.5, 0.6) is 0 Å². The predicted molar refractivity (Wildman–Crippen MR) is 62.4 cm³/mol. The Labute approximate surface area is 100.0 Å². The smallest absolute Gasteiger partial charge is 0.254 e. The summed E-state index contributed by atoms with van der Waals surface area (Å²) in [6.45, 7) is 2.99. The van der Waals surface area contributed by atoms with E-state index in [1.165, 1.54) is 12.1 Å². The third kappa shape index (κ3) is 3.03. The normalized spacial score (nSPS) is 19.3. The highest BCUT2D eigenvalue weighted by atomic mass is 19.1. The average Bonchev–Trinajstić information content (AvgIpc) is 2.78. The Kier molecular flexibility index (Phi) is 3.74. The Morgan fingerprint density at radius 2 is 2.41 bits per heavy atom. The van der Waals surface area contributed by atoms with Gasteiger partial charge in [-0.2, -0.15) is 0 Å². The summed E-state index contributed by atoms with van der Waals surface area (Å²) < 4.78 is 18.9. The zero-order chi connectivity index (χ0) is 12.3. The van der Waals surface area contributed by atoms with Crippen molar-refractivity contribution in [3.63, 3.8) is 0 Å². The number of amides is 1. The first-order chi connectivity index (χ1) is 8.16. The van der Waals surface area contributed by atoms with Crippen LogP contribution in [-0.4, -0.2) is 25.2 Å². The number of nitrogens with one attached hydrogen (secondary N) is 1. The zero-order valence-corrected chi connectivity index (χ0v) is 9.83. The SMILES string of the molecule is Cc1ccc(C(=O)NCC2CCCO2)c(F)c1. The topological polar surface area (TPSA) is 38.3 Å². The molecule has 3 nitrogen and oxygen atoms in total. The standard InChI is InChI=1S/C13H16FNO2/c1-9-4-5-11(12(14)7-9)13(16)15-8-10-3-2-6-17-10/h4-5,7,10H,2-3,6,8H2,1H3,(H,15,16). The van der Waals surface area contributed by atoms with Crippen LogP contribution in [0, 0.1) is 12.7 Å². The van der Waals surface area contributed by atoms with Gasteiger partial charge in [0.25, 0.3) is 5.91 Å². The van der Waals surface area contributed by atoms with E-state index in [1.807, 2.05) is 0 Å². The molecule has 0 saturated carbocycles. The Morgan fingerprint density at radius 1 is 1.59 bits per heavy atom. The summed E-state index contributed by atoms with van der Waals surface area (Å²) in [4.78, 5) is 11.7. The first-order valence-corrected chi connectivity index (χ1v) is 5.83. The van der Waals surface area contributed by atoms with Gasteiger partial charge in [0.05, 0.1) is 11.7 Å². The number of hydrogen-bond acceptors (Lipinski definition) is 2. The molecule has 1 aliphatic rings. The largest absolute Gasteiger partial charge is 0.376 e. The van der Waals surface area contributed by atoms with Crippen LogP contribution in [0.3, 0.4) is 0 Å². The molecule has 1 unspecified atom stereocenters. The molecule has 0 bridgehead atoms. The molecule has 1 aliphatic heterocycles. The van der Waals surface area contributed by atoms with Crippen molar-refractivity contribution in [3.05, 3.63) is 35.1 Å². The van der Waals surface area contributed by atoms with Gasteiger partial charge in [-0.15, -0.1) is 0 Å². The molecular weight excluding hydrogens is 221 g/mol. The molecule has 1 N–H and O–H groups in total. The number of carbonyl (C=O) groups excluding carboxylic acids is 1. The van der Waals surface area contributed by atoms with Crippen molar-refractivity contribution in [1.29, 1.82) is 0 Å². The van der Waals surface area contributed by atoms with Crippen LogP contribution in [0.25, 0.3) is 0 Å². The minimum Gasteiger partial charge on any atom is -0.376 e. The summed E-state index contributed by atoms with van der Waals surface area (Å²) >= 11 is 0. The maximum Gasteiger partial charge on any atom is 0.254 e. The lowest BCUT2D eigenvalue weighted by atomic mass is 10.1. The van der Waals surface area contributed by atoms with Crippen molar-refractivity contribution in [2.75, 3.05) is 13.2 Å². The van der Waals surface area contributed by atoms with E-state index in [2.05, 4.69) is 5.32 Å². The molecule has 1 aromatic rings. The molecule has 1 atom stereocenters. The van der Waals surface area contributed by atoms with E-state index in [0.717, 1.165) is 25.0 Å². The summed E-state index contributed by atoms with van der Waals surface area (Å²) in [6.07, 6.45) is 2.06. The fourth-order valence-corrected chi connectivity index (χ4v) is 1.91. The number of carbonyl (C=O) groups is 1. The van der Waals surface area contributed by atoms with Crippen LogP contribution in [0.1, 0.15) is 28.8 Å². The van der Waals surface area contributed by atoms with E-state index in [-0.39, 0.29) is 17.6 Å². The molecule has 0 radical (unpaired) electrons. The maximum absolute atomic E-state index is 13.5. The highest BCUT2D eigenvalue weighted by molar-refractivity contribution is 5.94. The highest BCUT2D eigenvalue weighted by Gasteiger charge is 2.17. The quantitative estimate of drug-likeness (QED) is 0.873. The fraction of sp³-hybridized carbons (Fsp3) is 0.462. The Hall–Kier alpha value is -1.42. The molecule has 1 fully saturated rings. The van der Waals surface area contributed by atoms with E-state index in [0.29, 0.717) is 6.54 Å². The van der Waals surface area contributed by atoms with Crippen LogP contribution in [-0.2, 0) is 4.74 Å². The molecule has 1 heterocycles. The van der Waals surface area contributed by atoms with Gasteiger partial charge < -0.3 is 10.1 Å². The van der Waals surface area contributed by atoms with Crippen molar-refractivity contribution in [2.45, 2.75) is 25.9 Å². The molecule has 1 saturated heterocycles. The van der Waals surface area contributed by atoms with Gasteiger partial charge in [0.2, 0.25) is 0 Å². The summed E-state index contributed by atoms with van der Waals surface area (Å²) in [6, 6.07) is 4.60. The molecule has 17 heavy (non-hydrogen) atoms. The monoisotopic (exact) mass is 237 g/mol. The second kappa shape index (κ2) is 5.27. The maximum atomic E-state index is 13.5. The van der Waals surface area contributed by atoms with Crippen molar-refractivity contribution >= 4 is 5.91 Å². The van der Waals surface area contributed by atoms with Crippen molar-refractivity contribution in [2.24, 2.45) is 0 Å². The van der Waals surface area contributed by atoms with Gasteiger partial charge in [-0.3, -0.25) is 4.79 Å².